The van der Waals surface area contributed by atoms with Gasteiger partial charge in [-0.2, -0.15) is 0 Å². The number of nitrogen functional groups attached to an aromatic ring is 1. The minimum absolute atomic E-state index is 0.715. The molecule has 0 saturated carbocycles. The number of rotatable bonds is 1. The average molecular weight is 355 g/mol. The molecule has 3 aromatic carbocycles. The topological polar surface area (TPSA) is 46.2 Å². The number of aliphatic hydroxyl groups excluding tert-OH is 1. The molecule has 5 rings (SSSR count). The lowest BCUT2D eigenvalue weighted by Gasteiger charge is -2.31. The number of anilines is 1. The van der Waals surface area contributed by atoms with Crippen LogP contribution in [-0.4, -0.2) is 5.11 Å². The molecular weight excluding hydrogens is 330 g/mol. The zero-order valence-corrected chi connectivity index (χ0v) is 16.2. The highest BCUT2D eigenvalue weighted by atomic mass is 16.3. The summed E-state index contributed by atoms with van der Waals surface area (Å²) in [5.41, 5.74) is 14.8. The zero-order valence-electron chi connectivity index (χ0n) is 16.2. The van der Waals surface area contributed by atoms with Crippen molar-refractivity contribution < 1.29 is 5.11 Å². The van der Waals surface area contributed by atoms with Crippen molar-refractivity contribution in [3.63, 3.8) is 0 Å². The van der Waals surface area contributed by atoms with E-state index in [-0.39, 0.29) is 0 Å². The summed E-state index contributed by atoms with van der Waals surface area (Å²) in [6.07, 6.45) is 1.91. The highest BCUT2D eigenvalue weighted by molar-refractivity contribution is 6.10. The summed E-state index contributed by atoms with van der Waals surface area (Å²) in [5.74, 6) is 0. The lowest BCUT2D eigenvalue weighted by Crippen LogP contribution is -2.36. The maximum absolute atomic E-state index is 11.1. The first kappa shape index (κ1) is 17.6. The molecule has 3 N–H and O–H groups in total. The van der Waals surface area contributed by atoms with E-state index in [4.69, 9.17) is 5.73 Å². The molecule has 0 amide bonds. The van der Waals surface area contributed by atoms with Crippen LogP contribution in [0.4, 0.5) is 5.69 Å². The van der Waals surface area contributed by atoms with Gasteiger partial charge in [0.25, 0.3) is 0 Å². The Hall–Kier alpha value is -2.84. The molecule has 0 radical (unpaired) electrons. The standard InChI is InChI=1S/C23H19NO.C2H6/c1-4-15-19-12(3)11(2)8-14-9-13-6-5-7-16-18(24)10-17(23(15)25)22(20(13)16)21(14)19;1-2/h4-8,10,23,25H,1,3,9,24H2,2H3;1-2H3. The van der Waals surface area contributed by atoms with Gasteiger partial charge in [-0.15, -0.1) is 0 Å². The number of hydrogen-bond donors (Lipinski definition) is 2. The Morgan fingerprint density at radius 2 is 1.89 bits per heavy atom. The molecule has 136 valence electrons. The monoisotopic (exact) mass is 355 g/mol. The van der Waals surface area contributed by atoms with Crippen molar-refractivity contribution >= 4 is 28.6 Å². The molecule has 1 atom stereocenters. The van der Waals surface area contributed by atoms with Crippen LogP contribution in [0.15, 0.2) is 43.0 Å². The quantitative estimate of drug-likeness (QED) is 0.505. The predicted molar refractivity (Wildman–Crippen MR) is 116 cm³/mol. The van der Waals surface area contributed by atoms with E-state index in [0.29, 0.717) is 5.69 Å². The van der Waals surface area contributed by atoms with Crippen molar-refractivity contribution in [3.05, 3.63) is 75.7 Å². The summed E-state index contributed by atoms with van der Waals surface area (Å²) in [4.78, 5) is 0. The number of nitrogens with two attached hydrogens (primary N) is 1. The van der Waals surface area contributed by atoms with Crippen LogP contribution in [-0.2, 0) is 6.42 Å². The lowest BCUT2D eigenvalue weighted by molar-refractivity contribution is 0.238. The van der Waals surface area contributed by atoms with E-state index in [1.807, 2.05) is 19.9 Å². The molecule has 0 spiro atoms. The molecule has 2 aliphatic rings. The van der Waals surface area contributed by atoms with E-state index in [9.17, 15) is 5.11 Å². The summed E-state index contributed by atoms with van der Waals surface area (Å²) >= 11 is 0. The summed E-state index contributed by atoms with van der Waals surface area (Å²) in [7, 11) is 0. The summed E-state index contributed by atoms with van der Waals surface area (Å²) in [6, 6.07) is 10.5. The second kappa shape index (κ2) is 6.11. The van der Waals surface area contributed by atoms with E-state index in [1.165, 1.54) is 22.1 Å². The molecule has 0 aliphatic heterocycles. The van der Waals surface area contributed by atoms with Gasteiger partial charge in [0, 0.05) is 11.1 Å². The van der Waals surface area contributed by atoms with Gasteiger partial charge in [-0.3, -0.25) is 0 Å². The molecule has 2 heteroatoms. The summed E-state index contributed by atoms with van der Waals surface area (Å²) in [6.45, 7) is 14.3. The average Bonchev–Trinajstić information content (AvgIpc) is 2.68. The maximum atomic E-state index is 11.1. The van der Waals surface area contributed by atoms with Crippen molar-refractivity contribution in [2.24, 2.45) is 0 Å². The summed E-state index contributed by atoms with van der Waals surface area (Å²) in [5, 5.41) is 15.3. The second-order valence-corrected chi connectivity index (χ2v) is 7.09. The van der Waals surface area contributed by atoms with Gasteiger partial charge in [0.15, 0.2) is 0 Å². The smallest absolute Gasteiger partial charge is 0.105 e. The summed E-state index contributed by atoms with van der Waals surface area (Å²) < 4.78 is 0. The number of aliphatic hydroxyl groups is 1. The van der Waals surface area contributed by atoms with Crippen molar-refractivity contribution in [1.29, 1.82) is 0 Å². The van der Waals surface area contributed by atoms with Gasteiger partial charge in [0.2, 0.25) is 0 Å². The number of benzene rings is 3. The fraction of sp³-hybridized carbons (Fsp3) is 0.200. The highest BCUT2D eigenvalue weighted by Crippen LogP contribution is 2.47. The van der Waals surface area contributed by atoms with Crippen LogP contribution in [0.1, 0.15) is 42.2 Å². The minimum atomic E-state index is -0.729. The Bertz CT molecular complexity index is 1230. The molecule has 0 aromatic heterocycles. The van der Waals surface area contributed by atoms with E-state index >= 15 is 0 Å². The Kier molecular flexibility index (Phi) is 3.97. The van der Waals surface area contributed by atoms with Crippen LogP contribution in [0.2, 0.25) is 0 Å². The molecule has 2 aliphatic carbocycles. The molecule has 2 nitrogen and oxygen atoms in total. The second-order valence-electron chi connectivity index (χ2n) is 7.09. The molecule has 1 unspecified atom stereocenters. The Morgan fingerprint density at radius 1 is 1.15 bits per heavy atom. The van der Waals surface area contributed by atoms with E-state index < -0.39 is 6.10 Å². The van der Waals surface area contributed by atoms with Gasteiger partial charge >= 0.3 is 0 Å². The fourth-order valence-electron chi connectivity index (χ4n) is 4.63. The Labute approximate surface area is 160 Å². The van der Waals surface area contributed by atoms with Crippen LogP contribution in [0.5, 0.6) is 0 Å². The molecule has 0 fully saturated rings. The third-order valence-electron chi connectivity index (χ3n) is 5.78. The Morgan fingerprint density at radius 3 is 2.59 bits per heavy atom. The molecule has 3 aromatic rings. The third-order valence-corrected chi connectivity index (χ3v) is 5.78. The van der Waals surface area contributed by atoms with Gasteiger partial charge in [0.05, 0.1) is 0 Å². The maximum Gasteiger partial charge on any atom is 0.105 e. The van der Waals surface area contributed by atoms with E-state index in [0.717, 1.165) is 44.5 Å². The SMILES string of the molecule is C=CC1=c2c3c(cc(C)c2=C)Cc2cccc4c(N)cc(c-3c24)C1O.CC. The van der Waals surface area contributed by atoms with Gasteiger partial charge in [-0.05, 0) is 74.2 Å². The molecule has 27 heavy (non-hydrogen) atoms. The van der Waals surface area contributed by atoms with Crippen LogP contribution >= 0.6 is 0 Å². The fourth-order valence-corrected chi connectivity index (χ4v) is 4.63. The normalized spacial score (nSPS) is 16.0. The predicted octanol–water partition coefficient (Wildman–Crippen LogP) is 4.12. The molecule has 0 saturated heterocycles. The Balaban J connectivity index is 0.000000872. The van der Waals surface area contributed by atoms with Crippen LogP contribution in [0.25, 0.3) is 34.1 Å². The van der Waals surface area contributed by atoms with Crippen LogP contribution < -0.4 is 16.2 Å². The molecule has 0 bridgehead atoms. The van der Waals surface area contributed by atoms with Crippen LogP contribution in [0.3, 0.4) is 0 Å². The first-order valence-electron chi connectivity index (χ1n) is 9.53. The van der Waals surface area contributed by atoms with Gasteiger partial charge in [-0.1, -0.05) is 57.3 Å². The molecular formula is C25H25NO. The van der Waals surface area contributed by atoms with Crippen LogP contribution in [0, 0.1) is 6.92 Å². The van der Waals surface area contributed by atoms with Gasteiger partial charge < -0.3 is 10.8 Å². The third kappa shape index (κ3) is 2.17. The minimum Gasteiger partial charge on any atom is -0.398 e. The first-order chi connectivity index (χ1) is 13.0. The largest absolute Gasteiger partial charge is 0.398 e. The van der Waals surface area contributed by atoms with E-state index in [2.05, 4.69) is 44.3 Å². The van der Waals surface area contributed by atoms with Gasteiger partial charge in [0.1, 0.15) is 6.10 Å². The highest BCUT2D eigenvalue weighted by Gasteiger charge is 2.31. The van der Waals surface area contributed by atoms with Crippen molar-refractivity contribution in [2.45, 2.75) is 33.3 Å². The molecule has 0 heterocycles. The van der Waals surface area contributed by atoms with Gasteiger partial charge in [-0.25, -0.2) is 0 Å². The first-order valence-corrected chi connectivity index (χ1v) is 9.53. The number of aryl methyl sites for hydroxylation is 1. The zero-order chi connectivity index (χ0) is 19.5. The van der Waals surface area contributed by atoms with E-state index in [1.54, 1.807) is 6.08 Å². The van der Waals surface area contributed by atoms with Crippen molar-refractivity contribution in [2.75, 3.05) is 5.73 Å². The van der Waals surface area contributed by atoms with Crippen molar-refractivity contribution in [3.8, 4) is 11.1 Å². The number of hydrogen-bond acceptors (Lipinski definition) is 2. The lowest BCUT2D eigenvalue weighted by atomic mass is 9.73. The van der Waals surface area contributed by atoms with Crippen molar-refractivity contribution in [1.82, 2.24) is 0 Å².